The quantitative estimate of drug-likeness (QED) is 0.147. The van der Waals surface area contributed by atoms with Gasteiger partial charge in [0, 0.05) is 5.41 Å². The van der Waals surface area contributed by atoms with Crippen LogP contribution in [0.3, 0.4) is 0 Å². The molecule has 49 heavy (non-hydrogen) atoms. The van der Waals surface area contributed by atoms with Gasteiger partial charge in [-0.05, 0) is 118 Å². The average Bonchev–Trinajstić information content (AvgIpc) is 3.13. The summed E-state index contributed by atoms with van der Waals surface area (Å²) in [6, 6.07) is 21.7. The molecule has 0 aliphatic heterocycles. The largest absolute Gasteiger partial charge is 0.481 e. The number of aliphatic hydroxyl groups is 1. The summed E-state index contributed by atoms with van der Waals surface area (Å²) in [5.74, 6) is -0.116. The van der Waals surface area contributed by atoms with E-state index in [2.05, 4.69) is 85.0 Å². The van der Waals surface area contributed by atoms with Gasteiger partial charge in [-0.25, -0.2) is 0 Å². The first-order chi connectivity index (χ1) is 23.9. The molecule has 2 aromatic rings. The molecule has 268 valence electrons. The summed E-state index contributed by atoms with van der Waals surface area (Å²) in [5, 5.41) is 22.0. The molecule has 0 bridgehead atoms. The number of carboxylic acids is 1. The molecule has 3 aliphatic carbocycles. The number of rotatable bonds is 17. The standard InChI is InChI=1S/C45H65NO3/c1-34(47)42(44(48)49)43-40(29-32-46)38(27-28-41(43)45(30-15-6-16-31-45)39-23-13-5-14-24-39)33-37(26-25-36-20-10-3-11-21-36)22-12-4-9-19-35-17-7-2-8-18-35/h3-5,10-14,20-21,23-24,27-28,34-35,37-38,40-43,47H,2,6-9,15-19,22,25-26,29-33,46H2,1H3,(H,48,49)/b12-4-/t34-,37-,38-,40+,41+,42-,43-/m0/s1. The average molecular weight is 668 g/mol. The Morgan fingerprint density at radius 1 is 0.898 bits per heavy atom. The van der Waals surface area contributed by atoms with Gasteiger partial charge in [-0.3, -0.25) is 4.79 Å². The van der Waals surface area contributed by atoms with Gasteiger partial charge >= 0.3 is 5.97 Å². The maximum atomic E-state index is 13.1. The number of nitrogens with two attached hydrogens (primary N) is 1. The van der Waals surface area contributed by atoms with Gasteiger partial charge in [0.25, 0.3) is 0 Å². The van der Waals surface area contributed by atoms with Gasteiger partial charge in [-0.2, -0.15) is 0 Å². The van der Waals surface area contributed by atoms with Crippen molar-refractivity contribution >= 4 is 5.97 Å². The third-order valence-corrected chi connectivity index (χ3v) is 12.9. The lowest BCUT2D eigenvalue weighted by Crippen LogP contribution is -2.52. The Kier molecular flexibility index (Phi) is 14.6. The number of aliphatic carboxylic acids is 1. The molecule has 4 heteroatoms. The van der Waals surface area contributed by atoms with Crippen molar-refractivity contribution in [1.82, 2.24) is 0 Å². The Morgan fingerprint density at radius 2 is 1.57 bits per heavy atom. The lowest BCUT2D eigenvalue weighted by molar-refractivity contribution is -0.152. The lowest BCUT2D eigenvalue weighted by Gasteiger charge is -2.53. The summed E-state index contributed by atoms with van der Waals surface area (Å²) in [6.07, 6.45) is 29.0. The van der Waals surface area contributed by atoms with E-state index >= 15 is 0 Å². The van der Waals surface area contributed by atoms with Crippen LogP contribution in [0.1, 0.15) is 121 Å². The van der Waals surface area contributed by atoms with Gasteiger partial charge in [0.15, 0.2) is 0 Å². The van der Waals surface area contributed by atoms with Crippen molar-refractivity contribution < 1.29 is 15.0 Å². The van der Waals surface area contributed by atoms with Crippen molar-refractivity contribution in [2.45, 2.75) is 128 Å². The fourth-order valence-electron chi connectivity index (χ4n) is 10.4. The molecule has 2 saturated carbocycles. The summed E-state index contributed by atoms with van der Waals surface area (Å²) in [5.41, 5.74) is 8.98. The molecule has 5 rings (SSSR count). The molecule has 0 unspecified atom stereocenters. The smallest absolute Gasteiger partial charge is 0.309 e. The molecule has 0 spiro atoms. The second kappa shape index (κ2) is 19.1. The Bertz CT molecular complexity index is 1290. The molecular formula is C45H65NO3. The zero-order valence-corrected chi connectivity index (χ0v) is 30.3. The molecule has 0 radical (unpaired) electrons. The minimum Gasteiger partial charge on any atom is -0.481 e. The Labute approximate surface area is 297 Å². The number of hydrogen-bond acceptors (Lipinski definition) is 3. The van der Waals surface area contributed by atoms with Gasteiger partial charge in [0.05, 0.1) is 12.0 Å². The molecule has 2 aromatic carbocycles. The first-order valence-corrected chi connectivity index (χ1v) is 20.0. The van der Waals surface area contributed by atoms with Crippen LogP contribution in [-0.4, -0.2) is 28.8 Å². The van der Waals surface area contributed by atoms with E-state index in [9.17, 15) is 15.0 Å². The van der Waals surface area contributed by atoms with Gasteiger partial charge in [-0.1, -0.05) is 136 Å². The maximum absolute atomic E-state index is 13.1. The number of allylic oxidation sites excluding steroid dienone is 4. The Balaban J connectivity index is 1.44. The van der Waals surface area contributed by atoms with Crippen LogP contribution in [-0.2, 0) is 16.6 Å². The van der Waals surface area contributed by atoms with Gasteiger partial charge in [0.2, 0.25) is 0 Å². The molecule has 0 amide bonds. The summed E-state index contributed by atoms with van der Waals surface area (Å²) in [4.78, 5) is 13.1. The minimum absolute atomic E-state index is 0.0427. The van der Waals surface area contributed by atoms with Crippen molar-refractivity contribution in [3.05, 3.63) is 96.1 Å². The monoisotopic (exact) mass is 667 g/mol. The molecular weight excluding hydrogens is 602 g/mol. The van der Waals surface area contributed by atoms with Crippen molar-refractivity contribution in [2.24, 2.45) is 47.2 Å². The third-order valence-electron chi connectivity index (χ3n) is 12.9. The van der Waals surface area contributed by atoms with E-state index in [4.69, 9.17) is 5.73 Å². The zero-order chi connectivity index (χ0) is 34.5. The number of aryl methyl sites for hydroxylation is 1. The number of hydrogen-bond donors (Lipinski definition) is 3. The van der Waals surface area contributed by atoms with Crippen LogP contribution in [0.2, 0.25) is 0 Å². The molecule has 0 heterocycles. The third kappa shape index (κ3) is 9.97. The van der Waals surface area contributed by atoms with Crippen LogP contribution in [0.15, 0.2) is 85.0 Å². The van der Waals surface area contributed by atoms with Crippen LogP contribution in [0.4, 0.5) is 0 Å². The summed E-state index contributed by atoms with van der Waals surface area (Å²) in [7, 11) is 0. The van der Waals surface area contributed by atoms with Gasteiger partial charge in [-0.15, -0.1) is 0 Å². The molecule has 4 nitrogen and oxygen atoms in total. The highest BCUT2D eigenvalue weighted by molar-refractivity contribution is 5.71. The highest BCUT2D eigenvalue weighted by Gasteiger charge is 2.53. The number of carbonyl (C=O) groups is 1. The van der Waals surface area contributed by atoms with Crippen LogP contribution < -0.4 is 5.73 Å². The second-order valence-electron chi connectivity index (χ2n) is 16.0. The predicted octanol–water partition coefficient (Wildman–Crippen LogP) is 10.3. The van der Waals surface area contributed by atoms with Crippen molar-refractivity contribution in [1.29, 1.82) is 0 Å². The Hall–Kier alpha value is -2.69. The molecule has 2 fully saturated rings. The van der Waals surface area contributed by atoms with Crippen molar-refractivity contribution in [3.63, 3.8) is 0 Å². The maximum Gasteiger partial charge on any atom is 0.309 e. The minimum atomic E-state index is -0.935. The summed E-state index contributed by atoms with van der Waals surface area (Å²) >= 11 is 0. The summed E-state index contributed by atoms with van der Waals surface area (Å²) < 4.78 is 0. The van der Waals surface area contributed by atoms with Crippen LogP contribution in [0.5, 0.6) is 0 Å². The van der Waals surface area contributed by atoms with Crippen molar-refractivity contribution in [2.75, 3.05) is 6.54 Å². The van der Waals surface area contributed by atoms with E-state index in [1.54, 1.807) is 6.92 Å². The molecule has 0 aromatic heterocycles. The molecule has 4 N–H and O–H groups in total. The van der Waals surface area contributed by atoms with Gasteiger partial charge < -0.3 is 15.9 Å². The lowest BCUT2D eigenvalue weighted by atomic mass is 9.51. The van der Waals surface area contributed by atoms with Gasteiger partial charge in [0.1, 0.15) is 0 Å². The molecule has 0 saturated heterocycles. The highest BCUT2D eigenvalue weighted by atomic mass is 16.4. The van der Waals surface area contributed by atoms with Crippen LogP contribution in [0.25, 0.3) is 0 Å². The number of benzene rings is 2. The topological polar surface area (TPSA) is 83.5 Å². The zero-order valence-electron chi connectivity index (χ0n) is 30.3. The van der Waals surface area contributed by atoms with E-state index in [1.165, 1.54) is 62.5 Å². The first-order valence-electron chi connectivity index (χ1n) is 20.0. The first kappa shape index (κ1) is 37.6. The van der Waals surface area contributed by atoms with E-state index in [0.29, 0.717) is 12.5 Å². The predicted molar refractivity (Wildman–Crippen MR) is 203 cm³/mol. The van der Waals surface area contributed by atoms with E-state index < -0.39 is 18.0 Å². The van der Waals surface area contributed by atoms with Crippen LogP contribution >= 0.6 is 0 Å². The molecule has 7 atom stereocenters. The van der Waals surface area contributed by atoms with E-state index in [1.807, 2.05) is 0 Å². The fourth-order valence-corrected chi connectivity index (χ4v) is 10.4. The number of aliphatic hydroxyl groups excluding tert-OH is 1. The number of carboxylic acid groups (broad SMARTS) is 1. The highest BCUT2D eigenvalue weighted by Crippen LogP contribution is 2.56. The van der Waals surface area contributed by atoms with E-state index in [-0.39, 0.29) is 29.1 Å². The Morgan fingerprint density at radius 3 is 2.22 bits per heavy atom. The molecule has 3 aliphatic rings. The summed E-state index contributed by atoms with van der Waals surface area (Å²) in [6.45, 7) is 2.22. The van der Waals surface area contributed by atoms with E-state index in [0.717, 1.165) is 63.7 Å². The fraction of sp³-hybridized carbons (Fsp3) is 0.622. The van der Waals surface area contributed by atoms with Crippen LogP contribution in [0, 0.1) is 41.4 Å². The second-order valence-corrected chi connectivity index (χ2v) is 16.0. The SMILES string of the molecule is C[C@H](O)[C@H](C(=O)O)[C@H]1[C@H](CCN)[C@H](C[C@@H](C/C=C\CCC2CCCCC2)CCc2ccccc2)C=C[C@H]1C1(c2ccccc2)CCCCC1. The van der Waals surface area contributed by atoms with Crippen molar-refractivity contribution in [3.8, 4) is 0 Å². The normalized spacial score (nSPS) is 26.3.